The number of anilines is 1. The Morgan fingerprint density at radius 1 is 1.50 bits per heavy atom. The van der Waals surface area contributed by atoms with E-state index in [0.29, 0.717) is 6.54 Å². The molecule has 0 radical (unpaired) electrons. The van der Waals surface area contributed by atoms with Gasteiger partial charge in [0.05, 0.1) is 6.54 Å². The van der Waals surface area contributed by atoms with Crippen LogP contribution in [0.1, 0.15) is 10.4 Å². The first-order valence-electron chi connectivity index (χ1n) is 5.78. The molecule has 0 aromatic carbocycles. The number of rotatable bonds is 5. The zero-order valence-electron chi connectivity index (χ0n) is 10.3. The lowest BCUT2D eigenvalue weighted by Gasteiger charge is -2.20. The van der Waals surface area contributed by atoms with Gasteiger partial charge in [0.25, 0.3) is 0 Å². The van der Waals surface area contributed by atoms with Crippen molar-refractivity contribution < 1.29 is 0 Å². The SMILES string of the molecule is CN(Cc1cc(Br)cs1)c1ncccc1CCN. The number of nitrogens with zero attached hydrogens (tertiary/aromatic N) is 2. The fraction of sp³-hybridized carbons (Fsp3) is 0.308. The van der Waals surface area contributed by atoms with Crippen LogP contribution >= 0.6 is 27.3 Å². The molecule has 0 atom stereocenters. The van der Waals surface area contributed by atoms with Crippen molar-refractivity contribution in [2.24, 2.45) is 5.73 Å². The van der Waals surface area contributed by atoms with E-state index in [-0.39, 0.29) is 0 Å². The molecule has 0 spiro atoms. The molecule has 2 aromatic rings. The standard InChI is InChI=1S/C13H16BrN3S/c1-17(8-12-7-11(14)9-18-12)13-10(4-5-15)3-2-6-16-13/h2-3,6-7,9H,4-5,8,15H2,1H3. The van der Waals surface area contributed by atoms with E-state index < -0.39 is 0 Å². The van der Waals surface area contributed by atoms with Crippen LogP contribution in [0.3, 0.4) is 0 Å². The first kappa shape index (κ1) is 13.5. The molecule has 0 aliphatic carbocycles. The summed E-state index contributed by atoms with van der Waals surface area (Å²) in [5.41, 5.74) is 6.84. The maximum atomic E-state index is 5.64. The Hall–Kier alpha value is -0.910. The zero-order chi connectivity index (χ0) is 13.0. The molecule has 96 valence electrons. The van der Waals surface area contributed by atoms with Crippen LogP contribution in [0.15, 0.2) is 34.2 Å². The van der Waals surface area contributed by atoms with Crippen molar-refractivity contribution in [1.82, 2.24) is 4.98 Å². The minimum Gasteiger partial charge on any atom is -0.354 e. The van der Waals surface area contributed by atoms with Crippen LogP contribution in [-0.4, -0.2) is 18.6 Å². The predicted molar refractivity (Wildman–Crippen MR) is 81.1 cm³/mol. The highest BCUT2D eigenvalue weighted by atomic mass is 79.9. The molecule has 18 heavy (non-hydrogen) atoms. The summed E-state index contributed by atoms with van der Waals surface area (Å²) in [6.45, 7) is 1.52. The van der Waals surface area contributed by atoms with Crippen LogP contribution in [0.5, 0.6) is 0 Å². The van der Waals surface area contributed by atoms with Gasteiger partial charge in [0, 0.05) is 28.0 Å². The smallest absolute Gasteiger partial charge is 0.131 e. The number of hydrogen-bond donors (Lipinski definition) is 1. The highest BCUT2D eigenvalue weighted by Crippen LogP contribution is 2.24. The van der Waals surface area contributed by atoms with Crippen LogP contribution < -0.4 is 10.6 Å². The lowest BCUT2D eigenvalue weighted by atomic mass is 10.2. The summed E-state index contributed by atoms with van der Waals surface area (Å²) in [4.78, 5) is 7.95. The van der Waals surface area contributed by atoms with Crippen molar-refractivity contribution in [3.05, 3.63) is 44.7 Å². The maximum absolute atomic E-state index is 5.64. The van der Waals surface area contributed by atoms with Gasteiger partial charge in [-0.2, -0.15) is 0 Å². The second-order valence-corrected chi connectivity index (χ2v) is 6.02. The third kappa shape index (κ3) is 3.31. The van der Waals surface area contributed by atoms with E-state index >= 15 is 0 Å². The molecule has 0 saturated heterocycles. The van der Waals surface area contributed by atoms with Crippen LogP contribution in [0, 0.1) is 0 Å². The van der Waals surface area contributed by atoms with Crippen molar-refractivity contribution in [2.75, 3.05) is 18.5 Å². The van der Waals surface area contributed by atoms with Crippen molar-refractivity contribution in [3.8, 4) is 0 Å². The van der Waals surface area contributed by atoms with Gasteiger partial charge in [-0.05, 0) is 46.6 Å². The molecule has 0 saturated carbocycles. The molecule has 0 amide bonds. The number of aromatic nitrogens is 1. The first-order valence-corrected chi connectivity index (χ1v) is 7.46. The third-order valence-electron chi connectivity index (χ3n) is 2.66. The van der Waals surface area contributed by atoms with Crippen molar-refractivity contribution in [3.63, 3.8) is 0 Å². The van der Waals surface area contributed by atoms with Gasteiger partial charge in [0.2, 0.25) is 0 Å². The van der Waals surface area contributed by atoms with Crippen molar-refractivity contribution >= 4 is 33.1 Å². The number of nitrogens with two attached hydrogens (primary N) is 1. The quantitative estimate of drug-likeness (QED) is 0.918. The van der Waals surface area contributed by atoms with Crippen LogP contribution in [-0.2, 0) is 13.0 Å². The molecule has 2 rings (SSSR count). The van der Waals surface area contributed by atoms with Gasteiger partial charge in [-0.25, -0.2) is 4.98 Å². The normalized spacial score (nSPS) is 10.6. The molecule has 5 heteroatoms. The summed E-state index contributed by atoms with van der Waals surface area (Å²) in [5, 5.41) is 2.10. The van der Waals surface area contributed by atoms with Crippen LogP contribution in [0.2, 0.25) is 0 Å². The third-order valence-corrected chi connectivity index (χ3v) is 4.34. The Morgan fingerprint density at radius 2 is 2.33 bits per heavy atom. The summed E-state index contributed by atoms with van der Waals surface area (Å²) in [6.07, 6.45) is 2.69. The summed E-state index contributed by atoms with van der Waals surface area (Å²) in [7, 11) is 2.07. The second-order valence-electron chi connectivity index (χ2n) is 4.11. The van der Waals surface area contributed by atoms with E-state index in [1.807, 2.05) is 12.3 Å². The number of halogens is 1. The van der Waals surface area contributed by atoms with Gasteiger partial charge in [-0.1, -0.05) is 6.07 Å². The Morgan fingerprint density at radius 3 is 3.00 bits per heavy atom. The molecule has 2 heterocycles. The number of hydrogen-bond acceptors (Lipinski definition) is 4. The molecule has 0 bridgehead atoms. The topological polar surface area (TPSA) is 42.2 Å². The minimum atomic E-state index is 0.650. The van der Waals surface area contributed by atoms with E-state index in [1.54, 1.807) is 11.3 Å². The molecule has 2 aromatic heterocycles. The maximum Gasteiger partial charge on any atom is 0.131 e. The lowest BCUT2D eigenvalue weighted by molar-refractivity contribution is 0.876. The van der Waals surface area contributed by atoms with Gasteiger partial charge in [0.1, 0.15) is 5.82 Å². The molecular formula is C13H16BrN3S. The fourth-order valence-corrected chi connectivity index (χ4v) is 3.37. The molecular weight excluding hydrogens is 310 g/mol. The lowest BCUT2D eigenvalue weighted by Crippen LogP contribution is -2.19. The van der Waals surface area contributed by atoms with Crippen molar-refractivity contribution in [1.29, 1.82) is 0 Å². The van der Waals surface area contributed by atoms with E-state index in [1.165, 1.54) is 10.4 Å². The fourth-order valence-electron chi connectivity index (χ4n) is 1.87. The predicted octanol–water partition coefficient (Wildman–Crippen LogP) is 3.04. The summed E-state index contributed by atoms with van der Waals surface area (Å²) in [6, 6.07) is 6.20. The Labute approximate surface area is 120 Å². The minimum absolute atomic E-state index is 0.650. The van der Waals surface area contributed by atoms with Gasteiger partial charge >= 0.3 is 0 Å². The Balaban J connectivity index is 2.15. The summed E-state index contributed by atoms with van der Waals surface area (Å²) < 4.78 is 1.14. The average molecular weight is 326 g/mol. The Kier molecular flexibility index (Phi) is 4.74. The van der Waals surface area contributed by atoms with E-state index in [9.17, 15) is 0 Å². The van der Waals surface area contributed by atoms with Gasteiger partial charge in [0.15, 0.2) is 0 Å². The Bertz CT molecular complexity index is 512. The van der Waals surface area contributed by atoms with Gasteiger partial charge < -0.3 is 10.6 Å². The van der Waals surface area contributed by atoms with E-state index in [4.69, 9.17) is 5.73 Å². The highest BCUT2D eigenvalue weighted by Gasteiger charge is 2.09. The molecule has 2 N–H and O–H groups in total. The average Bonchev–Trinajstić information content (AvgIpc) is 2.76. The van der Waals surface area contributed by atoms with Gasteiger partial charge in [-0.3, -0.25) is 0 Å². The highest BCUT2D eigenvalue weighted by molar-refractivity contribution is 9.10. The van der Waals surface area contributed by atoms with Crippen LogP contribution in [0.25, 0.3) is 0 Å². The number of thiophene rings is 1. The summed E-state index contributed by atoms with van der Waals surface area (Å²) >= 11 is 5.23. The van der Waals surface area contributed by atoms with E-state index in [0.717, 1.165) is 23.3 Å². The van der Waals surface area contributed by atoms with Crippen LogP contribution in [0.4, 0.5) is 5.82 Å². The first-order chi connectivity index (χ1) is 8.70. The zero-order valence-corrected chi connectivity index (χ0v) is 12.7. The summed E-state index contributed by atoms with van der Waals surface area (Å²) in [5.74, 6) is 1.02. The molecule has 0 fully saturated rings. The van der Waals surface area contributed by atoms with E-state index in [2.05, 4.69) is 50.4 Å². The van der Waals surface area contributed by atoms with Crippen molar-refractivity contribution in [2.45, 2.75) is 13.0 Å². The molecule has 3 nitrogen and oxygen atoms in total. The second kappa shape index (κ2) is 6.31. The molecule has 0 aliphatic heterocycles. The molecule has 0 aliphatic rings. The van der Waals surface area contributed by atoms with Gasteiger partial charge in [-0.15, -0.1) is 11.3 Å². The number of pyridine rings is 1. The molecule has 0 unspecified atom stereocenters. The monoisotopic (exact) mass is 325 g/mol. The largest absolute Gasteiger partial charge is 0.354 e.